The molecule has 4 rings (SSSR count). The van der Waals surface area contributed by atoms with Crippen molar-refractivity contribution >= 4 is 33.3 Å². The number of thiazole rings is 1. The third kappa shape index (κ3) is 2.79. The predicted octanol–water partition coefficient (Wildman–Crippen LogP) is 4.25. The molecule has 4 aromatic rings. The lowest BCUT2D eigenvalue weighted by Crippen LogP contribution is -2.11. The Kier molecular flexibility index (Phi) is 3.59. The number of aryl methyl sites for hydroxylation is 1. The van der Waals surface area contributed by atoms with Gasteiger partial charge in [-0.1, -0.05) is 12.1 Å². The largest absolute Gasteiger partial charge is 0.351 e. The summed E-state index contributed by atoms with van der Waals surface area (Å²) in [6.07, 6.45) is 3.47. The molecule has 0 bridgehead atoms. The molecule has 3 heterocycles. The van der Waals surface area contributed by atoms with E-state index in [9.17, 15) is 4.79 Å². The highest BCUT2D eigenvalue weighted by Crippen LogP contribution is 2.25. The maximum absolute atomic E-state index is 12.4. The van der Waals surface area contributed by atoms with Gasteiger partial charge in [-0.3, -0.25) is 15.1 Å². The average Bonchev–Trinajstić information content (AvgIpc) is 3.22. The van der Waals surface area contributed by atoms with Crippen LogP contribution in [0.25, 0.3) is 22.2 Å². The topological polar surface area (TPSA) is 70.7 Å². The molecule has 0 fully saturated rings. The minimum absolute atomic E-state index is 0.198. The van der Waals surface area contributed by atoms with Gasteiger partial charge in [0.05, 0.1) is 5.69 Å². The standard InChI is InChI=1S/C18H14N4OS/c1-11-4-5-12-8-15(20-14(12)7-11)17(23)22-18-21-16(10-24-18)13-3-2-6-19-9-13/h2-10,20H,1H3,(H,21,22,23). The minimum atomic E-state index is -0.198. The van der Waals surface area contributed by atoms with Gasteiger partial charge in [0.25, 0.3) is 5.91 Å². The Hall–Kier alpha value is -2.99. The number of amides is 1. The SMILES string of the molecule is Cc1ccc2cc(C(=O)Nc3nc(-c4cccnc4)cs3)[nH]c2c1. The number of rotatable bonds is 3. The van der Waals surface area contributed by atoms with Gasteiger partial charge >= 0.3 is 0 Å². The average molecular weight is 334 g/mol. The highest BCUT2D eigenvalue weighted by molar-refractivity contribution is 7.14. The van der Waals surface area contributed by atoms with E-state index in [1.807, 2.05) is 48.7 Å². The van der Waals surface area contributed by atoms with E-state index in [2.05, 4.69) is 20.3 Å². The molecule has 1 amide bonds. The highest BCUT2D eigenvalue weighted by atomic mass is 32.1. The van der Waals surface area contributed by atoms with Crippen LogP contribution in [-0.2, 0) is 0 Å². The monoisotopic (exact) mass is 334 g/mol. The van der Waals surface area contributed by atoms with Crippen LogP contribution in [0.1, 0.15) is 16.1 Å². The summed E-state index contributed by atoms with van der Waals surface area (Å²) in [5.41, 5.74) is 4.35. The molecule has 0 aliphatic carbocycles. The number of nitrogens with zero attached hydrogens (tertiary/aromatic N) is 2. The summed E-state index contributed by atoms with van der Waals surface area (Å²) in [6.45, 7) is 2.02. The fourth-order valence-electron chi connectivity index (χ4n) is 2.51. The molecular formula is C18H14N4OS. The molecule has 0 aliphatic heterocycles. The number of aromatic nitrogens is 3. The van der Waals surface area contributed by atoms with Gasteiger partial charge in [0.1, 0.15) is 5.69 Å². The van der Waals surface area contributed by atoms with Gasteiger partial charge in [-0.15, -0.1) is 11.3 Å². The fourth-order valence-corrected chi connectivity index (χ4v) is 3.22. The van der Waals surface area contributed by atoms with E-state index in [1.165, 1.54) is 11.3 Å². The molecule has 2 N–H and O–H groups in total. The van der Waals surface area contributed by atoms with E-state index in [1.54, 1.807) is 12.4 Å². The fraction of sp³-hybridized carbons (Fsp3) is 0.0556. The van der Waals surface area contributed by atoms with Crippen LogP contribution in [-0.4, -0.2) is 20.9 Å². The van der Waals surface area contributed by atoms with Crippen LogP contribution in [0, 0.1) is 6.92 Å². The Labute approximate surface area is 142 Å². The molecule has 0 spiro atoms. The summed E-state index contributed by atoms with van der Waals surface area (Å²) in [5, 5.41) is 6.32. The summed E-state index contributed by atoms with van der Waals surface area (Å²) in [4.78, 5) is 24.1. The second-order valence-corrected chi connectivity index (χ2v) is 6.37. The molecule has 0 saturated carbocycles. The number of aromatic amines is 1. The first kappa shape index (κ1) is 14.6. The zero-order valence-corrected chi connectivity index (χ0v) is 13.7. The van der Waals surface area contributed by atoms with Crippen molar-refractivity contribution in [1.82, 2.24) is 15.0 Å². The molecule has 0 radical (unpaired) electrons. The van der Waals surface area contributed by atoms with Crippen LogP contribution in [0.2, 0.25) is 0 Å². The van der Waals surface area contributed by atoms with Gasteiger partial charge in [0.2, 0.25) is 0 Å². The first-order valence-corrected chi connectivity index (χ1v) is 8.34. The zero-order valence-electron chi connectivity index (χ0n) is 12.9. The predicted molar refractivity (Wildman–Crippen MR) is 96.3 cm³/mol. The molecule has 0 saturated heterocycles. The van der Waals surface area contributed by atoms with Crippen molar-refractivity contribution < 1.29 is 4.79 Å². The molecule has 118 valence electrons. The number of fused-ring (bicyclic) bond motifs is 1. The van der Waals surface area contributed by atoms with Gasteiger partial charge in [-0.2, -0.15) is 0 Å². The second kappa shape index (κ2) is 5.90. The Morgan fingerprint density at radius 2 is 2.17 bits per heavy atom. The summed E-state index contributed by atoms with van der Waals surface area (Å²) >= 11 is 1.39. The molecule has 5 nitrogen and oxygen atoms in total. The van der Waals surface area contributed by atoms with E-state index in [0.29, 0.717) is 10.8 Å². The normalized spacial score (nSPS) is 10.9. The summed E-state index contributed by atoms with van der Waals surface area (Å²) in [5.74, 6) is -0.198. The Bertz CT molecular complexity index is 1020. The maximum atomic E-state index is 12.4. The van der Waals surface area contributed by atoms with Crippen molar-refractivity contribution in [3.63, 3.8) is 0 Å². The summed E-state index contributed by atoms with van der Waals surface area (Å²) < 4.78 is 0. The molecule has 1 aromatic carbocycles. The Balaban J connectivity index is 1.56. The molecule has 0 unspecified atom stereocenters. The quantitative estimate of drug-likeness (QED) is 0.588. The van der Waals surface area contributed by atoms with Gasteiger partial charge < -0.3 is 4.98 Å². The van der Waals surface area contributed by atoms with Crippen molar-refractivity contribution in [1.29, 1.82) is 0 Å². The van der Waals surface area contributed by atoms with Crippen LogP contribution in [0.4, 0.5) is 5.13 Å². The Morgan fingerprint density at radius 3 is 3.00 bits per heavy atom. The van der Waals surface area contributed by atoms with Crippen molar-refractivity contribution in [2.75, 3.05) is 5.32 Å². The highest BCUT2D eigenvalue weighted by Gasteiger charge is 2.12. The lowest BCUT2D eigenvalue weighted by molar-refractivity contribution is 0.102. The third-order valence-electron chi connectivity index (χ3n) is 3.70. The van der Waals surface area contributed by atoms with Crippen LogP contribution < -0.4 is 5.32 Å². The zero-order chi connectivity index (χ0) is 16.5. The molecule has 24 heavy (non-hydrogen) atoms. The number of pyridine rings is 1. The van der Waals surface area contributed by atoms with E-state index >= 15 is 0 Å². The third-order valence-corrected chi connectivity index (χ3v) is 4.46. The lowest BCUT2D eigenvalue weighted by Gasteiger charge is -1.98. The number of carbonyl (C=O) groups is 1. The summed E-state index contributed by atoms with van der Waals surface area (Å²) in [6, 6.07) is 11.7. The summed E-state index contributed by atoms with van der Waals surface area (Å²) in [7, 11) is 0. The van der Waals surface area contributed by atoms with E-state index < -0.39 is 0 Å². The first-order chi connectivity index (χ1) is 11.7. The number of hydrogen-bond donors (Lipinski definition) is 2. The van der Waals surface area contributed by atoms with Gasteiger partial charge in [-0.25, -0.2) is 4.98 Å². The lowest BCUT2D eigenvalue weighted by atomic mass is 10.2. The first-order valence-electron chi connectivity index (χ1n) is 7.46. The van der Waals surface area contributed by atoms with E-state index in [0.717, 1.165) is 27.7 Å². The number of H-pyrrole nitrogens is 1. The molecule has 0 aliphatic rings. The van der Waals surface area contributed by atoms with E-state index in [-0.39, 0.29) is 5.91 Å². The maximum Gasteiger partial charge on any atom is 0.273 e. The number of benzene rings is 1. The Morgan fingerprint density at radius 1 is 1.25 bits per heavy atom. The number of hydrogen-bond acceptors (Lipinski definition) is 4. The molecule has 3 aromatic heterocycles. The minimum Gasteiger partial charge on any atom is -0.351 e. The van der Waals surface area contributed by atoms with Crippen molar-refractivity contribution in [2.45, 2.75) is 6.92 Å². The molecular weight excluding hydrogens is 320 g/mol. The number of carbonyl (C=O) groups excluding carboxylic acids is 1. The van der Waals surface area contributed by atoms with Crippen LogP contribution >= 0.6 is 11.3 Å². The number of anilines is 1. The number of nitrogens with one attached hydrogen (secondary N) is 2. The van der Waals surface area contributed by atoms with Crippen molar-refractivity contribution in [3.8, 4) is 11.3 Å². The van der Waals surface area contributed by atoms with Crippen LogP contribution in [0.3, 0.4) is 0 Å². The van der Waals surface area contributed by atoms with Gasteiger partial charge in [0.15, 0.2) is 5.13 Å². The van der Waals surface area contributed by atoms with Gasteiger partial charge in [0, 0.05) is 34.2 Å². The van der Waals surface area contributed by atoms with E-state index in [4.69, 9.17) is 0 Å². The molecule has 6 heteroatoms. The second-order valence-electron chi connectivity index (χ2n) is 5.51. The van der Waals surface area contributed by atoms with Crippen molar-refractivity contribution in [2.24, 2.45) is 0 Å². The smallest absolute Gasteiger partial charge is 0.273 e. The van der Waals surface area contributed by atoms with Crippen LogP contribution in [0.5, 0.6) is 0 Å². The molecule has 0 atom stereocenters. The van der Waals surface area contributed by atoms with Crippen molar-refractivity contribution in [3.05, 3.63) is 65.4 Å². The van der Waals surface area contributed by atoms with Crippen LogP contribution in [0.15, 0.2) is 54.2 Å². The van der Waals surface area contributed by atoms with Gasteiger partial charge in [-0.05, 0) is 36.8 Å².